The van der Waals surface area contributed by atoms with Gasteiger partial charge in [0.1, 0.15) is 21.9 Å². The van der Waals surface area contributed by atoms with Crippen molar-refractivity contribution in [3.05, 3.63) is 111 Å². The highest BCUT2D eigenvalue weighted by molar-refractivity contribution is 6.35. The van der Waals surface area contributed by atoms with Crippen molar-refractivity contribution in [3.63, 3.8) is 0 Å². The Morgan fingerprint density at radius 2 is 1.69 bits per heavy atom. The molecule has 3 aliphatic heterocycles. The third kappa shape index (κ3) is 8.84. The highest BCUT2D eigenvalue weighted by Gasteiger charge is 2.38. The number of aromatic carboxylic acids is 1. The maximum absolute atomic E-state index is 14.2. The van der Waals surface area contributed by atoms with Crippen LogP contribution in [0.15, 0.2) is 73.1 Å². The number of fused-ring (bicyclic) bond motifs is 3. The number of piperidine rings is 3. The number of pyridine rings is 1. The minimum absolute atomic E-state index is 0.0342. The average molecular weight is 800 g/mol. The zero-order chi connectivity index (χ0) is 38.8. The van der Waals surface area contributed by atoms with E-state index in [1.165, 1.54) is 47.6 Å². The number of phenolic OH excluding ortho intramolecular Hbond substituents is 1. The molecule has 2 bridgehead atoms. The molecule has 290 valence electrons. The predicted molar refractivity (Wildman–Crippen MR) is 198 cm³/mol. The van der Waals surface area contributed by atoms with Gasteiger partial charge in [-0.1, -0.05) is 53.5 Å². The van der Waals surface area contributed by atoms with E-state index in [1.54, 1.807) is 30.3 Å². The number of hydrogen-bond donors (Lipinski definition) is 3. The smallest absolute Gasteiger partial charge is 0.415 e. The zero-order valence-corrected chi connectivity index (χ0v) is 31.1. The molecule has 4 heterocycles. The lowest BCUT2D eigenvalue weighted by Gasteiger charge is -2.44. The van der Waals surface area contributed by atoms with E-state index in [2.05, 4.69) is 4.90 Å². The lowest BCUT2D eigenvalue weighted by Crippen LogP contribution is -2.53. The van der Waals surface area contributed by atoms with Crippen molar-refractivity contribution in [2.24, 2.45) is 11.8 Å². The van der Waals surface area contributed by atoms with Crippen LogP contribution in [0.1, 0.15) is 64.2 Å². The van der Waals surface area contributed by atoms with Crippen LogP contribution in [0.3, 0.4) is 0 Å². The van der Waals surface area contributed by atoms with Crippen molar-refractivity contribution in [2.75, 3.05) is 31.1 Å². The predicted octanol–water partition coefficient (Wildman–Crippen LogP) is 7.92. The van der Waals surface area contributed by atoms with Gasteiger partial charge in [0.2, 0.25) is 12.4 Å². The summed E-state index contributed by atoms with van der Waals surface area (Å²) in [5.41, 5.74) is 1.49. The minimum atomic E-state index is -3.13. The van der Waals surface area contributed by atoms with Crippen LogP contribution in [-0.2, 0) is 17.7 Å². The van der Waals surface area contributed by atoms with Crippen LogP contribution in [0.25, 0.3) is 0 Å². The Kier molecular flexibility index (Phi) is 11.5. The molecular formula is C40H40Cl2F2N3O8+. The minimum Gasteiger partial charge on any atom is -0.506 e. The molecule has 3 saturated heterocycles. The maximum atomic E-state index is 14.2. The first-order valence-electron chi connectivity index (χ1n) is 18.1. The highest BCUT2D eigenvalue weighted by atomic mass is 35.5. The quantitative estimate of drug-likeness (QED) is 0.0860. The molecule has 3 aromatic carbocycles. The molecule has 4 aromatic rings. The number of aromatic nitrogens is 1. The number of carboxylic acids is 1. The summed E-state index contributed by atoms with van der Waals surface area (Å²) >= 11 is 13.3. The van der Waals surface area contributed by atoms with E-state index in [1.807, 2.05) is 0 Å². The number of rotatable bonds is 14. The standard InChI is InChI=1S/C40H39Cl2F2N3O8/c41-30-19-46(52)20-31(42)29(30)17-28(25-10-11-34(54-39(43)44)35(16-25)53-22-23-8-9-23)37-26(4-3-5-27(37)38(49)50)18-47(32-6-1-2-7-33(32)48)40(51)55-36-21-45-14-12-24(36)13-15-45/h1-7,10-11,16,19-20,23-24,28,36,39H,8-9,12-15,17-18,21-22H2,(H2-,48,49,50,52)/p+1/t28-,36-/m0/s1. The van der Waals surface area contributed by atoms with Gasteiger partial charge in [0.25, 0.3) is 0 Å². The Hall–Kier alpha value is -4.85. The Morgan fingerprint density at radius 3 is 2.33 bits per heavy atom. The number of ether oxygens (including phenoxy) is 3. The molecule has 1 aliphatic carbocycles. The van der Waals surface area contributed by atoms with Crippen molar-refractivity contribution >= 4 is 41.0 Å². The summed E-state index contributed by atoms with van der Waals surface area (Å²) in [4.78, 5) is 30.9. The molecule has 2 atom stereocenters. The van der Waals surface area contributed by atoms with Crippen LogP contribution in [0.2, 0.25) is 10.0 Å². The van der Waals surface area contributed by atoms with Gasteiger partial charge in [-0.25, -0.2) is 9.59 Å². The normalized spacial score (nSPS) is 19.5. The fourth-order valence-corrected chi connectivity index (χ4v) is 8.17. The number of anilines is 1. The molecule has 8 rings (SSSR count). The van der Waals surface area contributed by atoms with E-state index in [9.17, 15) is 33.8 Å². The van der Waals surface area contributed by atoms with E-state index in [0.717, 1.165) is 38.8 Å². The topological polar surface area (TPSA) is 133 Å². The van der Waals surface area contributed by atoms with Gasteiger partial charge in [0.05, 0.1) is 24.4 Å². The number of alkyl halides is 2. The van der Waals surface area contributed by atoms with Gasteiger partial charge < -0.3 is 24.4 Å². The van der Waals surface area contributed by atoms with E-state index in [0.29, 0.717) is 28.0 Å². The van der Waals surface area contributed by atoms with Gasteiger partial charge in [-0.2, -0.15) is 8.78 Å². The Balaban J connectivity index is 1.36. The number of aromatic hydroxyl groups is 1. The second-order valence-electron chi connectivity index (χ2n) is 14.2. The number of phenols is 1. The summed E-state index contributed by atoms with van der Waals surface area (Å²) in [6, 6.07) is 15.4. The van der Waals surface area contributed by atoms with Crippen LogP contribution >= 0.6 is 23.2 Å². The molecule has 11 nitrogen and oxygen atoms in total. The maximum Gasteiger partial charge on any atom is 0.415 e. The molecule has 0 spiro atoms. The molecule has 4 fully saturated rings. The van der Waals surface area contributed by atoms with Crippen molar-refractivity contribution in [2.45, 2.75) is 57.3 Å². The highest BCUT2D eigenvalue weighted by Crippen LogP contribution is 2.42. The fourth-order valence-electron chi connectivity index (χ4n) is 7.56. The number of halogens is 4. The van der Waals surface area contributed by atoms with Crippen LogP contribution < -0.4 is 19.1 Å². The Labute approximate surface area is 326 Å². The number of carbonyl (C=O) groups excluding carboxylic acids is 1. The SMILES string of the molecule is O=C(O)c1cccc(CN(C(=O)O[C@H]2CN3CCC2CC3)c2ccccc2O)c1[C@@H](Cc1c(Cl)c[n+](O)cc1Cl)c1ccc(OC(F)F)c(OCC2CC2)c1. The first-order valence-corrected chi connectivity index (χ1v) is 18.8. The molecular weight excluding hydrogens is 759 g/mol. The molecule has 4 aliphatic rings. The van der Waals surface area contributed by atoms with Crippen LogP contribution in [0.4, 0.5) is 19.3 Å². The Morgan fingerprint density at radius 1 is 0.964 bits per heavy atom. The van der Waals surface area contributed by atoms with E-state index in [-0.39, 0.29) is 81.6 Å². The lowest BCUT2D eigenvalue weighted by atomic mass is 9.80. The summed E-state index contributed by atoms with van der Waals surface area (Å²) in [7, 11) is 0. The molecule has 1 saturated carbocycles. The summed E-state index contributed by atoms with van der Waals surface area (Å²) < 4.78 is 44.7. The van der Waals surface area contributed by atoms with E-state index >= 15 is 0 Å². The van der Waals surface area contributed by atoms with Gasteiger partial charge in [0.15, 0.2) is 11.5 Å². The van der Waals surface area contributed by atoms with Crippen LogP contribution in [0, 0.1) is 11.8 Å². The average Bonchev–Trinajstić information content (AvgIpc) is 3.99. The number of para-hydroxylation sites is 2. The summed E-state index contributed by atoms with van der Waals surface area (Å²) in [5, 5.41) is 32.0. The fraction of sp³-hybridized carbons (Fsp3) is 0.375. The first-order chi connectivity index (χ1) is 26.4. The second-order valence-corrected chi connectivity index (χ2v) is 15.0. The van der Waals surface area contributed by atoms with Crippen LogP contribution in [0.5, 0.6) is 17.2 Å². The number of nitrogens with zero attached hydrogens (tertiary/aromatic N) is 3. The number of benzene rings is 3. The summed E-state index contributed by atoms with van der Waals surface area (Å²) in [5.74, 6) is -2.05. The first kappa shape index (κ1) is 38.4. The van der Waals surface area contributed by atoms with Gasteiger partial charge in [-0.3, -0.25) is 15.0 Å². The van der Waals surface area contributed by atoms with E-state index in [4.69, 9.17) is 37.4 Å². The largest absolute Gasteiger partial charge is 0.506 e. The molecule has 1 amide bonds. The molecule has 55 heavy (non-hydrogen) atoms. The number of carboxylic acid groups (broad SMARTS) is 1. The molecule has 1 aromatic heterocycles. The number of amides is 1. The number of carbonyl (C=O) groups is 2. The van der Waals surface area contributed by atoms with E-state index < -0.39 is 24.6 Å². The van der Waals surface area contributed by atoms with Gasteiger partial charge in [-0.15, -0.1) is 0 Å². The van der Waals surface area contributed by atoms with Crippen molar-refractivity contribution in [3.8, 4) is 17.2 Å². The molecule has 3 N–H and O–H groups in total. The van der Waals surface area contributed by atoms with Crippen molar-refractivity contribution in [1.82, 2.24) is 4.90 Å². The third-order valence-electron chi connectivity index (χ3n) is 10.6. The Bertz CT molecular complexity index is 2040. The zero-order valence-electron chi connectivity index (χ0n) is 29.6. The second kappa shape index (κ2) is 16.5. The lowest BCUT2D eigenvalue weighted by molar-refractivity contribution is -0.904. The van der Waals surface area contributed by atoms with Gasteiger partial charge in [0, 0.05) is 22.8 Å². The van der Waals surface area contributed by atoms with Crippen molar-refractivity contribution < 1.29 is 52.7 Å². The third-order valence-corrected chi connectivity index (χ3v) is 11.2. The van der Waals surface area contributed by atoms with Crippen molar-refractivity contribution in [1.29, 1.82) is 0 Å². The van der Waals surface area contributed by atoms with Gasteiger partial charge in [-0.05, 0) is 104 Å². The molecule has 15 heteroatoms. The van der Waals surface area contributed by atoms with Crippen LogP contribution in [-0.4, -0.2) is 71.3 Å². The molecule has 0 radical (unpaired) electrons. The number of hydrogen-bond acceptors (Lipinski definition) is 8. The summed E-state index contributed by atoms with van der Waals surface area (Å²) in [6.07, 6.45) is 5.03. The van der Waals surface area contributed by atoms with Gasteiger partial charge >= 0.3 is 18.7 Å². The monoisotopic (exact) mass is 798 g/mol. The summed E-state index contributed by atoms with van der Waals surface area (Å²) in [6.45, 7) is -0.618. The molecule has 0 unspecified atom stereocenters.